The molecular weight excluding hydrogens is 263 g/mol. The summed E-state index contributed by atoms with van der Waals surface area (Å²) < 4.78 is 40.6. The van der Waals surface area contributed by atoms with Crippen LogP contribution < -0.4 is 5.73 Å². The van der Waals surface area contributed by atoms with E-state index in [9.17, 15) is 13.2 Å². The van der Waals surface area contributed by atoms with Crippen LogP contribution in [0.5, 0.6) is 0 Å². The van der Waals surface area contributed by atoms with E-state index < -0.39 is 17.5 Å². The van der Waals surface area contributed by atoms with Gasteiger partial charge >= 0.3 is 0 Å². The highest BCUT2D eigenvalue weighted by Gasteiger charge is 2.17. The lowest BCUT2D eigenvalue weighted by Crippen LogP contribution is -1.99. The van der Waals surface area contributed by atoms with Crippen LogP contribution in [-0.2, 0) is 6.54 Å². The van der Waals surface area contributed by atoms with Gasteiger partial charge in [-0.2, -0.15) is 0 Å². The van der Waals surface area contributed by atoms with E-state index in [1.165, 1.54) is 18.2 Å². The first-order valence-corrected chi connectivity index (χ1v) is 5.54. The molecule has 0 fully saturated rings. The standard InChI is InChI=1S/C13H9ClF3N/c14-9-3-4-10(15)13(17)12(9)8-2-1-7(6-18)5-11(8)16/h1-5H,6,18H2. The normalized spacial score (nSPS) is 10.7. The summed E-state index contributed by atoms with van der Waals surface area (Å²) in [7, 11) is 0. The Balaban J connectivity index is 2.66. The van der Waals surface area contributed by atoms with E-state index in [1.54, 1.807) is 6.07 Å². The maximum atomic E-state index is 13.8. The van der Waals surface area contributed by atoms with E-state index in [0.717, 1.165) is 6.07 Å². The average Bonchev–Trinajstić information content (AvgIpc) is 2.36. The molecule has 94 valence electrons. The molecule has 1 nitrogen and oxygen atoms in total. The van der Waals surface area contributed by atoms with Crippen LogP contribution in [0.4, 0.5) is 13.2 Å². The van der Waals surface area contributed by atoms with Crippen LogP contribution in [-0.4, -0.2) is 0 Å². The summed E-state index contributed by atoms with van der Waals surface area (Å²) in [4.78, 5) is 0. The third-order valence-corrected chi connectivity index (χ3v) is 2.90. The highest BCUT2D eigenvalue weighted by Crippen LogP contribution is 2.33. The first-order valence-electron chi connectivity index (χ1n) is 5.17. The molecule has 0 saturated carbocycles. The predicted molar refractivity (Wildman–Crippen MR) is 64.7 cm³/mol. The van der Waals surface area contributed by atoms with Crippen LogP contribution in [0.25, 0.3) is 11.1 Å². The molecule has 2 N–H and O–H groups in total. The molecule has 0 atom stereocenters. The van der Waals surface area contributed by atoms with E-state index in [1.807, 2.05) is 0 Å². The maximum Gasteiger partial charge on any atom is 0.168 e. The molecule has 5 heteroatoms. The summed E-state index contributed by atoms with van der Waals surface area (Å²) in [5.41, 5.74) is 5.56. The van der Waals surface area contributed by atoms with Gasteiger partial charge in [-0.25, -0.2) is 13.2 Å². The van der Waals surface area contributed by atoms with Gasteiger partial charge in [0, 0.05) is 17.7 Å². The van der Waals surface area contributed by atoms with Gasteiger partial charge in [0.25, 0.3) is 0 Å². The van der Waals surface area contributed by atoms with E-state index >= 15 is 0 Å². The molecule has 18 heavy (non-hydrogen) atoms. The molecule has 2 aromatic carbocycles. The number of halogens is 4. The molecule has 0 heterocycles. The Hall–Kier alpha value is -1.52. The van der Waals surface area contributed by atoms with Crippen LogP contribution >= 0.6 is 11.6 Å². The van der Waals surface area contributed by atoms with Gasteiger partial charge in [0.2, 0.25) is 0 Å². The molecule has 0 spiro atoms. The molecule has 0 radical (unpaired) electrons. The third-order valence-electron chi connectivity index (χ3n) is 2.58. The number of hydrogen-bond acceptors (Lipinski definition) is 1. The molecule has 2 rings (SSSR count). The fraction of sp³-hybridized carbons (Fsp3) is 0.0769. The molecule has 0 amide bonds. The Morgan fingerprint density at radius 1 is 1.00 bits per heavy atom. The quantitative estimate of drug-likeness (QED) is 0.824. The van der Waals surface area contributed by atoms with Gasteiger partial charge in [-0.15, -0.1) is 0 Å². The van der Waals surface area contributed by atoms with Crippen molar-refractivity contribution in [2.24, 2.45) is 5.73 Å². The predicted octanol–water partition coefficient (Wildman–Crippen LogP) is 3.88. The van der Waals surface area contributed by atoms with Gasteiger partial charge in [0.15, 0.2) is 11.6 Å². The number of benzene rings is 2. The lowest BCUT2D eigenvalue weighted by Gasteiger charge is -2.09. The molecule has 0 unspecified atom stereocenters. The van der Waals surface area contributed by atoms with Gasteiger partial charge in [-0.3, -0.25) is 0 Å². The SMILES string of the molecule is NCc1ccc(-c2c(Cl)ccc(F)c2F)c(F)c1. The van der Waals surface area contributed by atoms with E-state index in [2.05, 4.69) is 0 Å². The van der Waals surface area contributed by atoms with Crippen molar-refractivity contribution >= 4 is 11.6 Å². The molecule has 0 aliphatic carbocycles. The van der Waals surface area contributed by atoms with Gasteiger partial charge < -0.3 is 5.73 Å². The largest absolute Gasteiger partial charge is 0.326 e. The van der Waals surface area contributed by atoms with Crippen molar-refractivity contribution in [3.05, 3.63) is 58.4 Å². The van der Waals surface area contributed by atoms with Crippen molar-refractivity contribution in [2.45, 2.75) is 6.54 Å². The fourth-order valence-corrected chi connectivity index (χ4v) is 1.91. The van der Waals surface area contributed by atoms with Crippen molar-refractivity contribution in [3.63, 3.8) is 0 Å². The van der Waals surface area contributed by atoms with Crippen molar-refractivity contribution in [1.29, 1.82) is 0 Å². The smallest absolute Gasteiger partial charge is 0.168 e. The highest BCUT2D eigenvalue weighted by molar-refractivity contribution is 6.33. The first kappa shape index (κ1) is 12.9. The number of rotatable bonds is 2. The number of nitrogens with two attached hydrogens (primary N) is 1. The Kier molecular flexibility index (Phi) is 3.59. The lowest BCUT2D eigenvalue weighted by molar-refractivity contribution is 0.510. The molecule has 0 aliphatic heterocycles. The minimum atomic E-state index is -1.16. The summed E-state index contributed by atoms with van der Waals surface area (Å²) in [6.07, 6.45) is 0. The zero-order chi connectivity index (χ0) is 13.3. The molecule has 0 saturated heterocycles. The summed E-state index contributed by atoms with van der Waals surface area (Å²) in [6.45, 7) is 0.163. The van der Waals surface area contributed by atoms with Crippen molar-refractivity contribution in [1.82, 2.24) is 0 Å². The van der Waals surface area contributed by atoms with E-state index in [0.29, 0.717) is 5.56 Å². The first-order chi connectivity index (χ1) is 8.54. The van der Waals surface area contributed by atoms with Crippen LogP contribution in [0.1, 0.15) is 5.56 Å². The average molecular weight is 272 g/mol. The minimum absolute atomic E-state index is 0.0479. The summed E-state index contributed by atoms with van der Waals surface area (Å²) in [5.74, 6) is -2.93. The van der Waals surface area contributed by atoms with Crippen LogP contribution in [0.15, 0.2) is 30.3 Å². The molecule has 0 aromatic heterocycles. The molecular formula is C13H9ClF3N. The summed E-state index contributed by atoms with van der Waals surface area (Å²) in [5, 5.41) is -0.0479. The van der Waals surface area contributed by atoms with Crippen LogP contribution in [0, 0.1) is 17.5 Å². The fourth-order valence-electron chi connectivity index (χ4n) is 1.66. The molecule has 2 aromatic rings. The second-order valence-corrected chi connectivity index (χ2v) is 4.14. The third kappa shape index (κ3) is 2.21. The highest BCUT2D eigenvalue weighted by atomic mass is 35.5. The second-order valence-electron chi connectivity index (χ2n) is 3.74. The maximum absolute atomic E-state index is 13.8. The second kappa shape index (κ2) is 5.00. The Bertz CT molecular complexity index is 599. The van der Waals surface area contributed by atoms with E-state index in [-0.39, 0.29) is 22.7 Å². The number of hydrogen-bond donors (Lipinski definition) is 1. The Morgan fingerprint density at radius 3 is 2.33 bits per heavy atom. The van der Waals surface area contributed by atoms with E-state index in [4.69, 9.17) is 17.3 Å². The van der Waals surface area contributed by atoms with Crippen LogP contribution in [0.2, 0.25) is 5.02 Å². The summed E-state index contributed by atoms with van der Waals surface area (Å²) in [6, 6.07) is 6.13. The van der Waals surface area contributed by atoms with Gasteiger partial charge in [0.1, 0.15) is 5.82 Å². The van der Waals surface area contributed by atoms with Gasteiger partial charge in [0.05, 0.1) is 5.02 Å². The lowest BCUT2D eigenvalue weighted by atomic mass is 10.0. The molecule has 0 aliphatic rings. The minimum Gasteiger partial charge on any atom is -0.326 e. The Labute approximate surface area is 107 Å². The Morgan fingerprint density at radius 2 is 1.72 bits per heavy atom. The summed E-state index contributed by atoms with van der Waals surface area (Å²) >= 11 is 5.78. The van der Waals surface area contributed by atoms with Crippen molar-refractivity contribution in [3.8, 4) is 11.1 Å². The van der Waals surface area contributed by atoms with Crippen molar-refractivity contribution < 1.29 is 13.2 Å². The zero-order valence-corrected chi connectivity index (χ0v) is 9.94. The monoisotopic (exact) mass is 271 g/mol. The topological polar surface area (TPSA) is 26.0 Å². The van der Waals surface area contributed by atoms with Gasteiger partial charge in [-0.1, -0.05) is 23.7 Å². The molecule has 0 bridgehead atoms. The zero-order valence-electron chi connectivity index (χ0n) is 9.18. The van der Waals surface area contributed by atoms with Gasteiger partial charge in [-0.05, 0) is 23.8 Å². The van der Waals surface area contributed by atoms with Crippen LogP contribution in [0.3, 0.4) is 0 Å². The van der Waals surface area contributed by atoms with Crippen molar-refractivity contribution in [2.75, 3.05) is 0 Å².